The van der Waals surface area contributed by atoms with E-state index in [-0.39, 0.29) is 0 Å². The molecule has 1 aromatic rings. The lowest BCUT2D eigenvalue weighted by Gasteiger charge is -1.86. The molecule has 49 valence electrons. The summed E-state index contributed by atoms with van der Waals surface area (Å²) in [5, 5.41) is 3.64. The molecule has 1 rings (SSSR count). The van der Waals surface area contributed by atoms with E-state index in [1.54, 1.807) is 13.2 Å². The first-order valence-electron chi connectivity index (χ1n) is 2.59. The Bertz CT molecular complexity index is 183. The highest BCUT2D eigenvalue weighted by atomic mass is 16.5. The standard InChI is InChI=1S/C6H8NO2/c1-5-3-6(4-8-2)7-9-5/h3H,1,4H2,2H3. The van der Waals surface area contributed by atoms with Crippen molar-refractivity contribution in [1.82, 2.24) is 5.16 Å². The van der Waals surface area contributed by atoms with Gasteiger partial charge in [0, 0.05) is 20.1 Å². The molecule has 0 spiro atoms. The van der Waals surface area contributed by atoms with Crippen LogP contribution in [-0.4, -0.2) is 12.3 Å². The second-order valence-corrected chi connectivity index (χ2v) is 1.72. The van der Waals surface area contributed by atoms with E-state index in [1.165, 1.54) is 0 Å². The normalized spacial score (nSPS) is 10.0. The summed E-state index contributed by atoms with van der Waals surface area (Å²) < 4.78 is 9.47. The van der Waals surface area contributed by atoms with E-state index in [4.69, 9.17) is 4.74 Å². The molecule has 0 aliphatic carbocycles. The van der Waals surface area contributed by atoms with Gasteiger partial charge in [-0.15, -0.1) is 0 Å². The fourth-order valence-electron chi connectivity index (χ4n) is 0.572. The highest BCUT2D eigenvalue weighted by Crippen LogP contribution is 2.01. The third-order valence-corrected chi connectivity index (χ3v) is 0.900. The van der Waals surface area contributed by atoms with Crippen LogP contribution in [0.4, 0.5) is 0 Å². The monoisotopic (exact) mass is 126 g/mol. The SMILES string of the molecule is [CH2]c1cc(COC)no1. The summed E-state index contributed by atoms with van der Waals surface area (Å²) in [5.74, 6) is 0.571. The molecule has 1 aromatic heterocycles. The third kappa shape index (κ3) is 1.54. The van der Waals surface area contributed by atoms with Crippen molar-refractivity contribution in [2.24, 2.45) is 0 Å². The van der Waals surface area contributed by atoms with Gasteiger partial charge in [0.15, 0.2) is 0 Å². The van der Waals surface area contributed by atoms with Crippen LogP contribution in [-0.2, 0) is 11.3 Å². The molecular weight excluding hydrogens is 118 g/mol. The number of nitrogens with zero attached hydrogens (tertiary/aromatic N) is 1. The van der Waals surface area contributed by atoms with Crippen molar-refractivity contribution in [2.75, 3.05) is 7.11 Å². The van der Waals surface area contributed by atoms with Crippen LogP contribution in [0.25, 0.3) is 0 Å². The van der Waals surface area contributed by atoms with Crippen LogP contribution in [0.15, 0.2) is 10.6 Å². The molecule has 1 radical (unpaired) electrons. The van der Waals surface area contributed by atoms with E-state index in [0.29, 0.717) is 12.4 Å². The molecule has 0 saturated carbocycles. The number of methoxy groups -OCH3 is 1. The number of ether oxygens (including phenoxy) is 1. The number of hydrogen-bond acceptors (Lipinski definition) is 3. The first kappa shape index (κ1) is 6.29. The molecule has 0 unspecified atom stereocenters. The largest absolute Gasteiger partial charge is 0.378 e. The Morgan fingerprint density at radius 1 is 1.89 bits per heavy atom. The zero-order valence-electron chi connectivity index (χ0n) is 5.26. The van der Waals surface area contributed by atoms with Crippen molar-refractivity contribution in [3.63, 3.8) is 0 Å². The molecule has 0 N–H and O–H groups in total. The van der Waals surface area contributed by atoms with Crippen LogP contribution in [0.5, 0.6) is 0 Å². The quantitative estimate of drug-likeness (QED) is 0.593. The molecule has 0 aliphatic heterocycles. The molecule has 1 heterocycles. The van der Waals surface area contributed by atoms with Gasteiger partial charge in [-0.3, -0.25) is 0 Å². The lowest BCUT2D eigenvalue weighted by atomic mass is 10.4. The minimum absolute atomic E-state index is 0.485. The van der Waals surface area contributed by atoms with Gasteiger partial charge in [0.05, 0.1) is 6.61 Å². The van der Waals surface area contributed by atoms with Crippen molar-refractivity contribution >= 4 is 0 Å². The Balaban J connectivity index is 2.61. The van der Waals surface area contributed by atoms with Gasteiger partial charge in [-0.2, -0.15) is 0 Å². The Hall–Kier alpha value is -0.830. The maximum atomic E-state index is 4.79. The first-order chi connectivity index (χ1) is 4.33. The van der Waals surface area contributed by atoms with Gasteiger partial charge < -0.3 is 9.26 Å². The van der Waals surface area contributed by atoms with Crippen LogP contribution < -0.4 is 0 Å². The molecule has 3 nitrogen and oxygen atoms in total. The van der Waals surface area contributed by atoms with Crippen LogP contribution in [0, 0.1) is 6.92 Å². The maximum Gasteiger partial charge on any atom is 0.137 e. The fourth-order valence-corrected chi connectivity index (χ4v) is 0.572. The van der Waals surface area contributed by atoms with E-state index >= 15 is 0 Å². The lowest BCUT2D eigenvalue weighted by molar-refractivity contribution is 0.177. The molecule has 0 aliphatic rings. The zero-order valence-corrected chi connectivity index (χ0v) is 5.26. The summed E-state index contributed by atoms with van der Waals surface area (Å²) in [4.78, 5) is 0. The van der Waals surface area contributed by atoms with E-state index in [0.717, 1.165) is 5.69 Å². The molecule has 0 fully saturated rings. The topological polar surface area (TPSA) is 35.3 Å². The molecule has 0 bridgehead atoms. The Morgan fingerprint density at radius 3 is 3.11 bits per heavy atom. The van der Waals surface area contributed by atoms with Crippen molar-refractivity contribution < 1.29 is 9.26 Å². The summed E-state index contributed by atoms with van der Waals surface area (Å²) >= 11 is 0. The Kier molecular flexibility index (Phi) is 1.85. The number of hydrogen-bond donors (Lipinski definition) is 0. The summed E-state index contributed by atoms with van der Waals surface area (Å²) in [5.41, 5.74) is 0.780. The molecule has 0 saturated heterocycles. The van der Waals surface area contributed by atoms with Crippen molar-refractivity contribution in [3.05, 3.63) is 24.4 Å². The Labute approximate surface area is 53.6 Å². The number of rotatable bonds is 2. The summed E-state index contributed by atoms with van der Waals surface area (Å²) in [7, 11) is 1.61. The minimum atomic E-state index is 0.485. The van der Waals surface area contributed by atoms with E-state index in [9.17, 15) is 0 Å². The van der Waals surface area contributed by atoms with Gasteiger partial charge in [0.2, 0.25) is 0 Å². The minimum Gasteiger partial charge on any atom is -0.378 e. The van der Waals surface area contributed by atoms with Crippen molar-refractivity contribution in [2.45, 2.75) is 6.61 Å². The van der Waals surface area contributed by atoms with Gasteiger partial charge >= 0.3 is 0 Å². The zero-order chi connectivity index (χ0) is 6.69. The average molecular weight is 126 g/mol. The smallest absolute Gasteiger partial charge is 0.137 e. The van der Waals surface area contributed by atoms with Crippen LogP contribution >= 0.6 is 0 Å². The molecule has 9 heavy (non-hydrogen) atoms. The van der Waals surface area contributed by atoms with Gasteiger partial charge in [0.25, 0.3) is 0 Å². The predicted octanol–water partition coefficient (Wildman–Crippen LogP) is 1.00. The van der Waals surface area contributed by atoms with Crippen molar-refractivity contribution in [3.8, 4) is 0 Å². The summed E-state index contributed by atoms with van der Waals surface area (Å²) in [6.45, 7) is 4.02. The second-order valence-electron chi connectivity index (χ2n) is 1.72. The van der Waals surface area contributed by atoms with Crippen LogP contribution in [0.2, 0.25) is 0 Å². The second kappa shape index (κ2) is 2.64. The van der Waals surface area contributed by atoms with Crippen molar-refractivity contribution in [1.29, 1.82) is 0 Å². The summed E-state index contributed by atoms with van der Waals surface area (Å²) in [6, 6.07) is 1.74. The maximum absolute atomic E-state index is 4.79. The van der Waals surface area contributed by atoms with E-state index < -0.39 is 0 Å². The molecule has 0 amide bonds. The fraction of sp³-hybridized carbons (Fsp3) is 0.333. The first-order valence-corrected chi connectivity index (χ1v) is 2.59. The molecule has 0 aromatic carbocycles. The molecule has 0 atom stereocenters. The molecular formula is C6H8NO2. The molecule has 3 heteroatoms. The lowest BCUT2D eigenvalue weighted by Crippen LogP contribution is -1.84. The van der Waals surface area contributed by atoms with E-state index in [1.807, 2.05) is 0 Å². The van der Waals surface area contributed by atoms with Gasteiger partial charge in [0.1, 0.15) is 11.5 Å². The van der Waals surface area contributed by atoms with Gasteiger partial charge in [-0.25, -0.2) is 0 Å². The highest BCUT2D eigenvalue weighted by Gasteiger charge is 1.96. The number of aromatic nitrogens is 1. The predicted molar refractivity (Wildman–Crippen MR) is 31.7 cm³/mol. The van der Waals surface area contributed by atoms with E-state index in [2.05, 4.69) is 16.6 Å². The Morgan fingerprint density at radius 2 is 2.67 bits per heavy atom. The van der Waals surface area contributed by atoms with Crippen LogP contribution in [0.1, 0.15) is 11.5 Å². The summed E-state index contributed by atoms with van der Waals surface area (Å²) in [6.07, 6.45) is 0. The van der Waals surface area contributed by atoms with Crippen LogP contribution in [0.3, 0.4) is 0 Å². The van der Waals surface area contributed by atoms with Gasteiger partial charge in [-0.05, 0) is 0 Å². The average Bonchev–Trinajstić information content (AvgIpc) is 2.17. The highest BCUT2D eigenvalue weighted by molar-refractivity contribution is 5.06. The third-order valence-electron chi connectivity index (χ3n) is 0.900. The van der Waals surface area contributed by atoms with Gasteiger partial charge in [-0.1, -0.05) is 5.16 Å².